The summed E-state index contributed by atoms with van der Waals surface area (Å²) in [5.74, 6) is 0.864. The molecule has 0 aromatic carbocycles. The van der Waals surface area contributed by atoms with E-state index in [0.717, 1.165) is 68.9 Å². The fraction of sp³-hybridized carbons (Fsp3) is 0.556. The maximum absolute atomic E-state index is 10.3. The van der Waals surface area contributed by atoms with Crippen molar-refractivity contribution in [3.63, 3.8) is 0 Å². The number of rotatable bonds is 3. The third kappa shape index (κ3) is 3.09. The van der Waals surface area contributed by atoms with Gasteiger partial charge in [-0.1, -0.05) is 5.16 Å². The molecule has 0 bridgehead atoms. The first-order valence-corrected chi connectivity index (χ1v) is 8.66. The smallest absolute Gasteiger partial charge is 0.151 e. The molecule has 2 aromatic heterocycles. The first-order chi connectivity index (χ1) is 11.8. The number of piperidine rings is 1. The zero-order valence-electron chi connectivity index (χ0n) is 13.7. The first kappa shape index (κ1) is 15.7. The lowest BCUT2D eigenvalue weighted by molar-refractivity contribution is -0.177. The molecule has 4 heterocycles. The molecule has 1 spiro atoms. The minimum Gasteiger partial charge on any atom is -0.390 e. The minimum absolute atomic E-state index is 0.321. The van der Waals surface area contributed by atoms with E-state index in [1.807, 2.05) is 18.2 Å². The van der Waals surface area contributed by atoms with Crippen molar-refractivity contribution in [1.29, 1.82) is 0 Å². The highest BCUT2D eigenvalue weighted by Crippen LogP contribution is 2.35. The van der Waals surface area contributed by atoms with Gasteiger partial charge in [0.1, 0.15) is 5.69 Å². The highest BCUT2D eigenvalue weighted by atomic mass is 16.5. The fourth-order valence-corrected chi connectivity index (χ4v) is 3.75. The second-order valence-corrected chi connectivity index (χ2v) is 6.76. The van der Waals surface area contributed by atoms with Crippen molar-refractivity contribution in [3.05, 3.63) is 36.4 Å². The fourth-order valence-electron chi connectivity index (χ4n) is 3.75. The Bertz CT molecular complexity index is 665. The molecule has 128 valence electrons. The molecule has 0 saturated carbocycles. The molecule has 2 saturated heterocycles. The van der Waals surface area contributed by atoms with E-state index in [2.05, 4.69) is 15.0 Å². The second kappa shape index (κ2) is 6.63. The van der Waals surface area contributed by atoms with Crippen LogP contribution in [0.4, 0.5) is 0 Å². The van der Waals surface area contributed by atoms with E-state index in [-0.39, 0.29) is 11.7 Å². The SMILES string of the molecule is OC1CCCOC12CCN(Cc1cc(-c3ccncc3)no1)CC2. The van der Waals surface area contributed by atoms with Crippen LogP contribution < -0.4 is 0 Å². The van der Waals surface area contributed by atoms with E-state index in [4.69, 9.17) is 9.26 Å². The topological polar surface area (TPSA) is 71.6 Å². The van der Waals surface area contributed by atoms with Gasteiger partial charge < -0.3 is 14.4 Å². The van der Waals surface area contributed by atoms with Crippen LogP contribution in [-0.2, 0) is 11.3 Å². The van der Waals surface area contributed by atoms with Crippen LogP contribution in [0.3, 0.4) is 0 Å². The maximum Gasteiger partial charge on any atom is 0.151 e. The molecule has 2 aromatic rings. The molecule has 1 N–H and O–H groups in total. The average molecular weight is 329 g/mol. The van der Waals surface area contributed by atoms with E-state index >= 15 is 0 Å². The zero-order chi connectivity index (χ0) is 16.4. The average Bonchev–Trinajstić information content (AvgIpc) is 3.09. The van der Waals surface area contributed by atoms with E-state index in [0.29, 0.717) is 0 Å². The minimum atomic E-state index is -0.322. The third-order valence-electron chi connectivity index (χ3n) is 5.24. The number of nitrogens with zero attached hydrogens (tertiary/aromatic N) is 3. The summed E-state index contributed by atoms with van der Waals surface area (Å²) in [4.78, 5) is 6.36. The molecule has 6 heteroatoms. The number of hydrogen-bond acceptors (Lipinski definition) is 6. The summed E-state index contributed by atoms with van der Waals surface area (Å²) >= 11 is 0. The number of aliphatic hydroxyl groups is 1. The summed E-state index contributed by atoms with van der Waals surface area (Å²) in [7, 11) is 0. The summed E-state index contributed by atoms with van der Waals surface area (Å²) in [6.45, 7) is 3.32. The molecule has 0 amide bonds. The molecule has 2 aliphatic heterocycles. The van der Waals surface area contributed by atoms with Crippen molar-refractivity contribution in [2.45, 2.75) is 43.9 Å². The van der Waals surface area contributed by atoms with Crippen molar-refractivity contribution in [1.82, 2.24) is 15.0 Å². The lowest BCUT2D eigenvalue weighted by atomic mass is 9.82. The van der Waals surface area contributed by atoms with Crippen LogP contribution in [0.15, 0.2) is 35.1 Å². The van der Waals surface area contributed by atoms with Crippen LogP contribution in [0.25, 0.3) is 11.3 Å². The van der Waals surface area contributed by atoms with Gasteiger partial charge >= 0.3 is 0 Å². The van der Waals surface area contributed by atoms with Gasteiger partial charge in [0, 0.05) is 43.7 Å². The molecule has 0 aliphatic carbocycles. The van der Waals surface area contributed by atoms with Crippen LogP contribution in [-0.4, -0.2) is 51.5 Å². The monoisotopic (exact) mass is 329 g/mol. The van der Waals surface area contributed by atoms with Crippen molar-refractivity contribution in [3.8, 4) is 11.3 Å². The Labute approximate surface area is 141 Å². The van der Waals surface area contributed by atoms with Crippen molar-refractivity contribution in [2.75, 3.05) is 19.7 Å². The van der Waals surface area contributed by atoms with Gasteiger partial charge in [-0.05, 0) is 37.8 Å². The summed E-state index contributed by atoms with van der Waals surface area (Å²) < 4.78 is 11.4. The quantitative estimate of drug-likeness (QED) is 0.931. The van der Waals surface area contributed by atoms with Crippen molar-refractivity contribution >= 4 is 0 Å². The molecule has 2 aliphatic rings. The van der Waals surface area contributed by atoms with Gasteiger partial charge in [-0.2, -0.15) is 0 Å². The number of aliphatic hydroxyl groups excluding tert-OH is 1. The largest absolute Gasteiger partial charge is 0.390 e. The normalized spacial score (nSPS) is 24.3. The van der Waals surface area contributed by atoms with Gasteiger partial charge in [-0.15, -0.1) is 0 Å². The molecule has 4 rings (SSSR count). The molecule has 1 unspecified atom stereocenters. The molecule has 0 radical (unpaired) electrons. The molecule has 1 atom stereocenters. The highest BCUT2D eigenvalue weighted by Gasteiger charge is 2.43. The standard InChI is InChI=1S/C18H23N3O3/c22-17-2-1-11-23-18(17)5-9-21(10-6-18)13-15-12-16(20-24-15)14-3-7-19-8-4-14/h3-4,7-8,12,17,22H,1-2,5-6,9-11,13H2. The summed E-state index contributed by atoms with van der Waals surface area (Å²) in [5, 5.41) is 14.5. The molecule has 24 heavy (non-hydrogen) atoms. The number of pyridine rings is 1. The van der Waals surface area contributed by atoms with E-state index in [9.17, 15) is 5.11 Å². The predicted molar refractivity (Wildman–Crippen MR) is 88.2 cm³/mol. The van der Waals surface area contributed by atoms with Gasteiger partial charge in [0.25, 0.3) is 0 Å². The number of ether oxygens (including phenoxy) is 1. The number of likely N-dealkylation sites (tertiary alicyclic amines) is 1. The molecular weight excluding hydrogens is 306 g/mol. The van der Waals surface area contributed by atoms with Crippen molar-refractivity contribution < 1.29 is 14.4 Å². The molecular formula is C18H23N3O3. The van der Waals surface area contributed by atoms with Gasteiger partial charge in [0.2, 0.25) is 0 Å². The first-order valence-electron chi connectivity index (χ1n) is 8.66. The Morgan fingerprint density at radius 1 is 1.25 bits per heavy atom. The Morgan fingerprint density at radius 3 is 2.79 bits per heavy atom. The van der Waals surface area contributed by atoms with Crippen LogP contribution in [0.5, 0.6) is 0 Å². The predicted octanol–water partition coefficient (Wildman–Crippen LogP) is 2.24. The molecule has 2 fully saturated rings. The Morgan fingerprint density at radius 2 is 2.04 bits per heavy atom. The van der Waals surface area contributed by atoms with Gasteiger partial charge in [-0.3, -0.25) is 9.88 Å². The van der Waals surface area contributed by atoms with Crippen LogP contribution in [0.2, 0.25) is 0 Å². The summed E-state index contributed by atoms with van der Waals surface area (Å²) in [6, 6.07) is 5.84. The molecule has 6 nitrogen and oxygen atoms in total. The Hall–Kier alpha value is -1.76. The van der Waals surface area contributed by atoms with E-state index in [1.165, 1.54) is 0 Å². The zero-order valence-corrected chi connectivity index (χ0v) is 13.7. The Balaban J connectivity index is 1.37. The van der Waals surface area contributed by atoms with E-state index < -0.39 is 0 Å². The highest BCUT2D eigenvalue weighted by molar-refractivity contribution is 5.57. The van der Waals surface area contributed by atoms with Gasteiger partial charge in [0.05, 0.1) is 18.2 Å². The van der Waals surface area contributed by atoms with Gasteiger partial charge in [-0.25, -0.2) is 0 Å². The lowest BCUT2D eigenvalue weighted by Crippen LogP contribution is -2.55. The Kier molecular flexibility index (Phi) is 4.35. The van der Waals surface area contributed by atoms with Crippen LogP contribution >= 0.6 is 0 Å². The number of hydrogen-bond donors (Lipinski definition) is 1. The second-order valence-electron chi connectivity index (χ2n) is 6.76. The van der Waals surface area contributed by atoms with Gasteiger partial charge in [0.15, 0.2) is 5.76 Å². The van der Waals surface area contributed by atoms with Crippen LogP contribution in [0.1, 0.15) is 31.4 Å². The summed E-state index contributed by atoms with van der Waals surface area (Å²) in [5.41, 5.74) is 1.53. The summed E-state index contributed by atoms with van der Waals surface area (Å²) in [6.07, 6.45) is 6.75. The maximum atomic E-state index is 10.3. The number of aromatic nitrogens is 2. The van der Waals surface area contributed by atoms with Crippen molar-refractivity contribution in [2.24, 2.45) is 0 Å². The van der Waals surface area contributed by atoms with Crippen LogP contribution in [0, 0.1) is 0 Å². The van der Waals surface area contributed by atoms with E-state index in [1.54, 1.807) is 12.4 Å². The lowest BCUT2D eigenvalue weighted by Gasteiger charge is -2.46. The third-order valence-corrected chi connectivity index (χ3v) is 5.24.